The van der Waals surface area contributed by atoms with Crippen molar-refractivity contribution in [2.45, 2.75) is 0 Å². The van der Waals surface area contributed by atoms with Gasteiger partial charge in [-0.05, 0) is 41.5 Å². The van der Waals surface area contributed by atoms with Gasteiger partial charge in [0.05, 0.1) is 11.3 Å². The number of nitrogens with one attached hydrogen (secondary N) is 2. The zero-order valence-electron chi connectivity index (χ0n) is 12.7. The highest BCUT2D eigenvalue weighted by Crippen LogP contribution is 2.26. The van der Waals surface area contributed by atoms with Crippen molar-refractivity contribution < 1.29 is 9.90 Å². The molecule has 7 heteroatoms. The van der Waals surface area contributed by atoms with Crippen LogP contribution in [0.4, 0.5) is 0 Å². The Labute approximate surface area is 147 Å². The second-order valence-corrected chi connectivity index (χ2v) is 5.65. The molecule has 0 fully saturated rings. The number of aromatic carboxylic acids is 1. The molecule has 3 aromatic rings. The number of aromatic nitrogens is 2. The van der Waals surface area contributed by atoms with Crippen LogP contribution in [0.5, 0.6) is 0 Å². The van der Waals surface area contributed by atoms with Crippen LogP contribution in [0.25, 0.3) is 22.4 Å². The molecule has 0 amide bonds. The van der Waals surface area contributed by atoms with Gasteiger partial charge in [0.1, 0.15) is 11.6 Å². The fraction of sp³-hybridized carbons (Fsp3) is 0. The second-order valence-electron chi connectivity index (χ2n) is 5.24. The van der Waals surface area contributed by atoms with Gasteiger partial charge in [-0.2, -0.15) is 5.26 Å². The van der Waals surface area contributed by atoms with Crippen LogP contribution in [0.15, 0.2) is 53.3 Å². The number of nitriles is 1. The predicted molar refractivity (Wildman–Crippen MR) is 94.8 cm³/mol. The quantitative estimate of drug-likeness (QED) is 0.628. The maximum Gasteiger partial charge on any atom is 0.335 e. The van der Waals surface area contributed by atoms with Gasteiger partial charge in [-0.1, -0.05) is 30.3 Å². The number of hydrogen-bond acceptors (Lipinski definition) is 4. The third kappa shape index (κ3) is 3.24. The first kappa shape index (κ1) is 16.4. The number of rotatable bonds is 3. The SMILES string of the molecule is N#Cc1c(-c2cccc(-c3cccc(C(=O)O)c3)c2)[nH]c(=S)[nH]c1=O. The lowest BCUT2D eigenvalue weighted by Gasteiger charge is -2.08. The van der Waals surface area contributed by atoms with E-state index in [1.807, 2.05) is 12.1 Å². The van der Waals surface area contributed by atoms with E-state index < -0.39 is 11.5 Å². The number of benzene rings is 2. The molecular weight excluding hydrogens is 338 g/mol. The lowest BCUT2D eigenvalue weighted by molar-refractivity contribution is 0.0697. The first-order valence-electron chi connectivity index (χ1n) is 7.20. The monoisotopic (exact) mass is 349 g/mol. The molecule has 1 aromatic heterocycles. The van der Waals surface area contributed by atoms with Gasteiger partial charge in [0.2, 0.25) is 0 Å². The molecule has 2 aromatic carbocycles. The average Bonchev–Trinajstić information content (AvgIpc) is 2.61. The first-order chi connectivity index (χ1) is 12.0. The van der Waals surface area contributed by atoms with E-state index in [0.29, 0.717) is 16.8 Å². The minimum atomic E-state index is -1.01. The van der Waals surface area contributed by atoms with E-state index in [2.05, 4.69) is 9.97 Å². The number of carbonyl (C=O) groups is 1. The summed E-state index contributed by atoms with van der Waals surface area (Å²) in [7, 11) is 0. The molecule has 0 aliphatic carbocycles. The van der Waals surface area contributed by atoms with Gasteiger partial charge in [0.15, 0.2) is 4.77 Å². The van der Waals surface area contributed by atoms with Crippen LogP contribution in [0, 0.1) is 16.1 Å². The smallest absolute Gasteiger partial charge is 0.335 e. The molecule has 0 bridgehead atoms. The van der Waals surface area contributed by atoms with E-state index in [1.54, 1.807) is 36.4 Å². The normalized spacial score (nSPS) is 10.2. The molecule has 122 valence electrons. The molecule has 0 aliphatic rings. The molecular formula is C18H11N3O3S. The zero-order valence-corrected chi connectivity index (χ0v) is 13.6. The largest absolute Gasteiger partial charge is 0.478 e. The highest BCUT2D eigenvalue weighted by atomic mass is 32.1. The predicted octanol–water partition coefficient (Wildman–Crippen LogP) is 3.34. The third-order valence-corrected chi connectivity index (χ3v) is 3.85. The molecule has 25 heavy (non-hydrogen) atoms. The second kappa shape index (κ2) is 6.55. The van der Waals surface area contributed by atoms with Crippen molar-refractivity contribution in [3.8, 4) is 28.5 Å². The summed E-state index contributed by atoms with van der Waals surface area (Å²) in [4.78, 5) is 28.3. The van der Waals surface area contributed by atoms with Crippen molar-refractivity contribution in [1.82, 2.24) is 9.97 Å². The summed E-state index contributed by atoms with van der Waals surface area (Å²) >= 11 is 4.98. The van der Waals surface area contributed by atoms with Crippen LogP contribution in [-0.4, -0.2) is 21.0 Å². The van der Waals surface area contributed by atoms with E-state index >= 15 is 0 Å². The van der Waals surface area contributed by atoms with Gasteiger partial charge in [0, 0.05) is 5.56 Å². The van der Waals surface area contributed by atoms with Crippen LogP contribution in [0.2, 0.25) is 0 Å². The summed E-state index contributed by atoms with van der Waals surface area (Å²) in [5.74, 6) is -1.01. The highest BCUT2D eigenvalue weighted by Gasteiger charge is 2.11. The van der Waals surface area contributed by atoms with Crippen LogP contribution in [0.1, 0.15) is 15.9 Å². The standard InChI is InChI=1S/C18H11N3O3S/c19-9-14-15(20-18(25)21-16(14)22)12-5-1-3-10(7-12)11-4-2-6-13(8-11)17(23)24/h1-8H,(H,23,24)(H2,20,21,22,25). The Bertz CT molecular complexity index is 1140. The summed E-state index contributed by atoms with van der Waals surface area (Å²) in [5.41, 5.74) is 1.95. The number of carboxylic acid groups (broad SMARTS) is 1. The van der Waals surface area contributed by atoms with Crippen molar-refractivity contribution in [1.29, 1.82) is 5.26 Å². The van der Waals surface area contributed by atoms with E-state index in [0.717, 1.165) is 5.56 Å². The molecule has 0 atom stereocenters. The van der Waals surface area contributed by atoms with Crippen LogP contribution < -0.4 is 5.56 Å². The Balaban J connectivity index is 2.18. The Morgan fingerprint density at radius 1 is 1.04 bits per heavy atom. The van der Waals surface area contributed by atoms with Crippen molar-refractivity contribution in [3.05, 3.63) is 74.8 Å². The number of nitrogens with zero attached hydrogens (tertiary/aromatic N) is 1. The van der Waals surface area contributed by atoms with Crippen LogP contribution in [0.3, 0.4) is 0 Å². The van der Waals surface area contributed by atoms with Gasteiger partial charge >= 0.3 is 5.97 Å². The molecule has 3 N–H and O–H groups in total. The summed E-state index contributed by atoms with van der Waals surface area (Å²) in [5, 5.41) is 18.4. The summed E-state index contributed by atoms with van der Waals surface area (Å²) in [6.07, 6.45) is 0. The molecule has 0 spiro atoms. The van der Waals surface area contributed by atoms with E-state index in [-0.39, 0.29) is 15.9 Å². The number of hydrogen-bond donors (Lipinski definition) is 3. The van der Waals surface area contributed by atoms with E-state index in [1.165, 1.54) is 6.07 Å². The molecule has 0 unspecified atom stereocenters. The Hall–Kier alpha value is -3.50. The Kier molecular flexibility index (Phi) is 4.29. The van der Waals surface area contributed by atoms with E-state index in [4.69, 9.17) is 17.3 Å². The number of carboxylic acids is 1. The third-order valence-electron chi connectivity index (χ3n) is 3.65. The van der Waals surface area contributed by atoms with Gasteiger partial charge in [-0.3, -0.25) is 9.78 Å². The minimum Gasteiger partial charge on any atom is -0.478 e. The summed E-state index contributed by atoms with van der Waals surface area (Å²) < 4.78 is 0.122. The topological polar surface area (TPSA) is 110 Å². The number of H-pyrrole nitrogens is 2. The van der Waals surface area contributed by atoms with Crippen molar-refractivity contribution in [3.63, 3.8) is 0 Å². The highest BCUT2D eigenvalue weighted by molar-refractivity contribution is 7.71. The maximum atomic E-state index is 11.9. The first-order valence-corrected chi connectivity index (χ1v) is 7.61. The van der Waals surface area contributed by atoms with Crippen LogP contribution in [-0.2, 0) is 0 Å². The molecule has 0 saturated heterocycles. The molecule has 6 nitrogen and oxygen atoms in total. The molecule has 3 rings (SSSR count). The fourth-order valence-electron chi connectivity index (χ4n) is 2.50. The lowest BCUT2D eigenvalue weighted by atomic mass is 9.99. The van der Waals surface area contributed by atoms with Crippen molar-refractivity contribution >= 4 is 18.2 Å². The van der Waals surface area contributed by atoms with Gasteiger partial charge in [-0.25, -0.2) is 4.79 Å². The molecule has 0 aliphatic heterocycles. The lowest BCUT2D eigenvalue weighted by Crippen LogP contribution is -2.13. The van der Waals surface area contributed by atoms with Crippen LogP contribution >= 0.6 is 12.2 Å². The van der Waals surface area contributed by atoms with Gasteiger partial charge < -0.3 is 10.1 Å². The van der Waals surface area contributed by atoms with Crippen molar-refractivity contribution in [2.24, 2.45) is 0 Å². The molecule has 0 saturated carbocycles. The van der Waals surface area contributed by atoms with Crippen molar-refractivity contribution in [2.75, 3.05) is 0 Å². The minimum absolute atomic E-state index is 0.0648. The summed E-state index contributed by atoms with van der Waals surface area (Å²) in [6, 6.07) is 15.5. The van der Waals surface area contributed by atoms with E-state index in [9.17, 15) is 14.9 Å². The fourth-order valence-corrected chi connectivity index (χ4v) is 2.69. The Morgan fingerprint density at radius 2 is 1.68 bits per heavy atom. The zero-order chi connectivity index (χ0) is 18.0. The Morgan fingerprint density at radius 3 is 2.36 bits per heavy atom. The molecule has 1 heterocycles. The average molecular weight is 349 g/mol. The maximum absolute atomic E-state index is 11.9. The summed E-state index contributed by atoms with van der Waals surface area (Å²) in [6.45, 7) is 0. The van der Waals surface area contributed by atoms with Gasteiger partial charge in [0.25, 0.3) is 5.56 Å². The molecule has 0 radical (unpaired) electrons. The number of aromatic amines is 2. The van der Waals surface area contributed by atoms with Gasteiger partial charge in [-0.15, -0.1) is 0 Å².